The molecule has 0 bridgehead atoms. The second kappa shape index (κ2) is 6.23. The average Bonchev–Trinajstić information content (AvgIpc) is 2.96. The molecule has 1 aromatic carbocycles. The molecule has 128 valence electrons. The van der Waals surface area contributed by atoms with Crippen molar-refractivity contribution >= 4 is 21.4 Å². The predicted octanol–water partition coefficient (Wildman–Crippen LogP) is 1.14. The zero-order valence-corrected chi connectivity index (χ0v) is 14.2. The number of carbonyl (C=O) groups is 1. The van der Waals surface area contributed by atoms with Crippen LogP contribution in [0.15, 0.2) is 27.6 Å². The first-order valence-corrected chi connectivity index (χ1v) is 9.30. The Hall–Kier alpha value is -2.42. The summed E-state index contributed by atoms with van der Waals surface area (Å²) in [6, 6.07) is 4.52. The smallest absolute Gasteiger partial charge is 0.227 e. The number of benzene rings is 1. The number of anilines is 1. The van der Waals surface area contributed by atoms with Gasteiger partial charge < -0.3 is 14.2 Å². The lowest BCUT2D eigenvalue weighted by Gasteiger charge is -2.29. The van der Waals surface area contributed by atoms with Gasteiger partial charge >= 0.3 is 0 Å². The van der Waals surface area contributed by atoms with E-state index in [1.165, 1.54) is 17.0 Å². The van der Waals surface area contributed by atoms with Gasteiger partial charge in [0, 0.05) is 19.1 Å². The van der Waals surface area contributed by atoms with E-state index >= 15 is 0 Å². The number of aryl methyl sites for hydroxylation is 2. The van der Waals surface area contributed by atoms with Crippen LogP contribution >= 0.6 is 0 Å². The number of fused-ring (bicyclic) bond motifs is 1. The number of carbonyl (C=O) groups excluding carboxylic acids is 1. The molecule has 9 heteroatoms. The van der Waals surface area contributed by atoms with Gasteiger partial charge in [-0.05, 0) is 25.1 Å². The summed E-state index contributed by atoms with van der Waals surface area (Å²) in [4.78, 5) is 18.3. The van der Waals surface area contributed by atoms with Crippen LogP contribution in [0.2, 0.25) is 0 Å². The lowest BCUT2D eigenvalue weighted by molar-refractivity contribution is -0.118. The second-order valence-electron chi connectivity index (χ2n) is 5.53. The van der Waals surface area contributed by atoms with Crippen LogP contribution in [0.25, 0.3) is 0 Å². The van der Waals surface area contributed by atoms with E-state index in [4.69, 9.17) is 9.26 Å². The number of aromatic nitrogens is 2. The highest BCUT2D eigenvalue weighted by molar-refractivity contribution is 7.90. The summed E-state index contributed by atoms with van der Waals surface area (Å²) in [6.45, 7) is 2.43. The van der Waals surface area contributed by atoms with Gasteiger partial charge in [-0.25, -0.2) is 8.42 Å². The van der Waals surface area contributed by atoms with Gasteiger partial charge in [0.05, 0.1) is 17.1 Å². The summed E-state index contributed by atoms with van der Waals surface area (Å²) in [5, 5.41) is 3.68. The Bertz CT molecular complexity index is 875. The van der Waals surface area contributed by atoms with Gasteiger partial charge in [-0.3, -0.25) is 4.79 Å². The Morgan fingerprint density at radius 1 is 1.38 bits per heavy atom. The maximum atomic E-state index is 12.5. The SMILES string of the molecule is Cc1noc(CCC(=O)N2CCOc3ccc(S(C)(=O)=O)cc32)n1. The normalized spacial score (nSPS) is 14.2. The molecule has 8 nitrogen and oxygen atoms in total. The Balaban J connectivity index is 1.81. The van der Waals surface area contributed by atoms with Crippen LogP contribution in [0.1, 0.15) is 18.1 Å². The van der Waals surface area contributed by atoms with Crippen LogP contribution in [0, 0.1) is 6.92 Å². The van der Waals surface area contributed by atoms with Crippen molar-refractivity contribution in [1.29, 1.82) is 0 Å². The van der Waals surface area contributed by atoms with E-state index in [1.807, 2.05) is 0 Å². The van der Waals surface area contributed by atoms with Crippen LogP contribution in [-0.4, -0.2) is 43.9 Å². The highest BCUT2D eigenvalue weighted by atomic mass is 32.2. The van der Waals surface area contributed by atoms with Gasteiger partial charge in [-0.2, -0.15) is 4.98 Å². The number of ether oxygens (including phenoxy) is 1. The molecule has 0 saturated carbocycles. The molecule has 2 heterocycles. The summed E-state index contributed by atoms with van der Waals surface area (Å²) in [7, 11) is -3.36. The number of hydrogen-bond donors (Lipinski definition) is 0. The third-order valence-electron chi connectivity index (χ3n) is 3.65. The first-order valence-electron chi connectivity index (χ1n) is 7.41. The molecule has 0 saturated heterocycles. The third-order valence-corrected chi connectivity index (χ3v) is 4.76. The van der Waals surface area contributed by atoms with Crippen molar-refractivity contribution in [2.24, 2.45) is 0 Å². The minimum atomic E-state index is -3.36. The number of sulfone groups is 1. The minimum Gasteiger partial charge on any atom is -0.490 e. The zero-order chi connectivity index (χ0) is 17.3. The fourth-order valence-electron chi connectivity index (χ4n) is 2.48. The van der Waals surface area contributed by atoms with E-state index in [1.54, 1.807) is 13.0 Å². The van der Waals surface area contributed by atoms with Crippen LogP contribution in [0.4, 0.5) is 5.69 Å². The first-order chi connectivity index (χ1) is 11.3. The summed E-state index contributed by atoms with van der Waals surface area (Å²) < 4.78 is 34.0. The molecule has 24 heavy (non-hydrogen) atoms. The molecular weight excluding hydrogens is 334 g/mol. The predicted molar refractivity (Wildman–Crippen MR) is 84.8 cm³/mol. The van der Waals surface area contributed by atoms with Crippen molar-refractivity contribution in [1.82, 2.24) is 10.1 Å². The van der Waals surface area contributed by atoms with E-state index in [9.17, 15) is 13.2 Å². The number of rotatable bonds is 4. The van der Waals surface area contributed by atoms with Crippen molar-refractivity contribution in [2.75, 3.05) is 24.3 Å². The zero-order valence-electron chi connectivity index (χ0n) is 13.4. The fraction of sp³-hybridized carbons (Fsp3) is 0.400. The van der Waals surface area contributed by atoms with E-state index in [0.717, 1.165) is 6.26 Å². The Morgan fingerprint density at radius 3 is 2.83 bits per heavy atom. The third kappa shape index (κ3) is 3.40. The molecule has 0 spiro atoms. The van der Waals surface area contributed by atoms with Crippen LogP contribution in [0.5, 0.6) is 5.75 Å². The van der Waals surface area contributed by atoms with Gasteiger partial charge in [0.2, 0.25) is 11.8 Å². The molecule has 0 atom stereocenters. The van der Waals surface area contributed by atoms with E-state index in [2.05, 4.69) is 10.1 Å². The van der Waals surface area contributed by atoms with Gasteiger partial charge in [0.15, 0.2) is 15.7 Å². The van der Waals surface area contributed by atoms with Crippen molar-refractivity contribution < 1.29 is 22.5 Å². The molecule has 0 unspecified atom stereocenters. The van der Waals surface area contributed by atoms with Gasteiger partial charge in [-0.1, -0.05) is 5.16 Å². The lowest BCUT2D eigenvalue weighted by atomic mass is 10.2. The topological polar surface area (TPSA) is 103 Å². The summed E-state index contributed by atoms with van der Waals surface area (Å²) in [5.41, 5.74) is 0.468. The maximum absolute atomic E-state index is 12.5. The average molecular weight is 351 g/mol. The van der Waals surface area contributed by atoms with E-state index in [-0.39, 0.29) is 17.2 Å². The second-order valence-corrected chi connectivity index (χ2v) is 7.55. The molecule has 1 aliphatic heterocycles. The summed E-state index contributed by atoms with van der Waals surface area (Å²) >= 11 is 0. The van der Waals surface area contributed by atoms with Gasteiger partial charge in [0.25, 0.3) is 0 Å². The van der Waals surface area contributed by atoms with E-state index in [0.29, 0.717) is 42.7 Å². The van der Waals surface area contributed by atoms with Gasteiger partial charge in [-0.15, -0.1) is 0 Å². The molecule has 0 aliphatic carbocycles. The number of nitrogens with zero attached hydrogens (tertiary/aromatic N) is 3. The molecule has 3 rings (SSSR count). The standard InChI is InChI=1S/C15H17N3O5S/c1-10-16-14(23-17-10)5-6-15(19)18-7-8-22-13-4-3-11(9-12(13)18)24(2,20)21/h3-4,9H,5-8H2,1-2H3. The highest BCUT2D eigenvalue weighted by Gasteiger charge is 2.25. The minimum absolute atomic E-state index is 0.150. The molecule has 1 aromatic heterocycles. The molecule has 0 N–H and O–H groups in total. The summed E-state index contributed by atoms with van der Waals surface area (Å²) in [6.07, 6.45) is 1.64. The largest absolute Gasteiger partial charge is 0.490 e. The molecular formula is C15H17N3O5S. The van der Waals surface area contributed by atoms with Gasteiger partial charge in [0.1, 0.15) is 12.4 Å². The molecule has 0 radical (unpaired) electrons. The Kier molecular flexibility index (Phi) is 4.27. The maximum Gasteiger partial charge on any atom is 0.227 e. The number of amides is 1. The van der Waals surface area contributed by atoms with E-state index < -0.39 is 9.84 Å². The van der Waals surface area contributed by atoms with Crippen LogP contribution in [0.3, 0.4) is 0 Å². The van der Waals surface area contributed by atoms with Crippen LogP contribution in [-0.2, 0) is 21.1 Å². The quantitative estimate of drug-likeness (QED) is 0.814. The molecule has 1 amide bonds. The Morgan fingerprint density at radius 2 is 2.17 bits per heavy atom. The molecule has 2 aromatic rings. The van der Waals surface area contributed by atoms with Crippen molar-refractivity contribution in [3.05, 3.63) is 29.9 Å². The fourth-order valence-corrected chi connectivity index (χ4v) is 3.12. The lowest BCUT2D eigenvalue weighted by Crippen LogP contribution is -2.38. The van der Waals surface area contributed by atoms with Crippen LogP contribution < -0.4 is 9.64 Å². The monoisotopic (exact) mass is 351 g/mol. The first kappa shape index (κ1) is 16.4. The molecule has 0 fully saturated rings. The number of hydrogen-bond acceptors (Lipinski definition) is 7. The Labute approximate surface area is 139 Å². The van der Waals surface area contributed by atoms with Crippen molar-refractivity contribution in [2.45, 2.75) is 24.7 Å². The summed E-state index contributed by atoms with van der Waals surface area (Å²) in [5.74, 6) is 1.27. The highest BCUT2D eigenvalue weighted by Crippen LogP contribution is 2.34. The van der Waals surface area contributed by atoms with Crippen molar-refractivity contribution in [3.8, 4) is 5.75 Å². The van der Waals surface area contributed by atoms with Crippen molar-refractivity contribution in [3.63, 3.8) is 0 Å². The molecule has 1 aliphatic rings.